The highest BCUT2D eigenvalue weighted by Crippen LogP contribution is 2.34. The Hall–Kier alpha value is -1.07. The highest BCUT2D eigenvalue weighted by atomic mass is 35.5. The number of carboxylic acids is 1. The zero-order chi connectivity index (χ0) is 14.2. The van der Waals surface area contributed by atoms with Gasteiger partial charge in [-0.3, -0.25) is 9.48 Å². The van der Waals surface area contributed by atoms with Crippen LogP contribution in [0.2, 0.25) is 5.02 Å². The molecule has 0 radical (unpaired) electrons. The predicted octanol–water partition coefficient (Wildman–Crippen LogP) is 2.16. The highest BCUT2D eigenvalue weighted by molar-refractivity contribution is 6.31. The van der Waals surface area contributed by atoms with Crippen LogP contribution in [0.25, 0.3) is 0 Å². The van der Waals surface area contributed by atoms with Crippen molar-refractivity contribution in [3.05, 3.63) is 16.4 Å². The van der Waals surface area contributed by atoms with Crippen molar-refractivity contribution in [3.8, 4) is 0 Å². The molecule has 1 fully saturated rings. The van der Waals surface area contributed by atoms with Crippen molar-refractivity contribution in [2.24, 2.45) is 5.92 Å². The van der Waals surface area contributed by atoms with E-state index in [0.717, 1.165) is 11.4 Å². The van der Waals surface area contributed by atoms with E-state index in [9.17, 15) is 9.90 Å². The van der Waals surface area contributed by atoms with Crippen LogP contribution >= 0.6 is 11.6 Å². The summed E-state index contributed by atoms with van der Waals surface area (Å²) in [5.41, 5.74) is 0.716. The van der Waals surface area contributed by atoms with Gasteiger partial charge in [0, 0.05) is 0 Å². The number of aliphatic hydroxyl groups is 1. The fraction of sp³-hybridized carbons (Fsp3) is 0.692. The molecule has 1 aliphatic carbocycles. The largest absolute Gasteiger partial charge is 0.481 e. The lowest BCUT2D eigenvalue weighted by atomic mass is 9.79. The second-order valence-corrected chi connectivity index (χ2v) is 5.86. The SMILES string of the molecule is Cc1nn(CC2(O)CCC(C(=O)O)CC2)c(C)c1Cl. The average Bonchev–Trinajstić information content (AvgIpc) is 2.57. The second-order valence-electron chi connectivity index (χ2n) is 5.48. The van der Waals surface area contributed by atoms with Crippen LogP contribution in [0.15, 0.2) is 0 Å². The van der Waals surface area contributed by atoms with Gasteiger partial charge in [0.25, 0.3) is 0 Å². The van der Waals surface area contributed by atoms with Crippen LogP contribution in [0.5, 0.6) is 0 Å². The predicted molar refractivity (Wildman–Crippen MR) is 71.3 cm³/mol. The summed E-state index contributed by atoms with van der Waals surface area (Å²) in [7, 11) is 0. The Morgan fingerprint density at radius 3 is 2.47 bits per heavy atom. The van der Waals surface area contributed by atoms with Crippen molar-refractivity contribution >= 4 is 17.6 Å². The van der Waals surface area contributed by atoms with Crippen LogP contribution in [-0.4, -0.2) is 31.6 Å². The Morgan fingerprint density at radius 1 is 1.47 bits per heavy atom. The number of nitrogens with zero attached hydrogens (tertiary/aromatic N) is 2. The Kier molecular flexibility index (Phi) is 3.87. The summed E-state index contributed by atoms with van der Waals surface area (Å²) < 4.78 is 1.72. The Balaban J connectivity index is 2.07. The summed E-state index contributed by atoms with van der Waals surface area (Å²) in [6.07, 6.45) is 2.00. The molecule has 1 aromatic rings. The quantitative estimate of drug-likeness (QED) is 0.893. The van der Waals surface area contributed by atoms with E-state index < -0.39 is 11.6 Å². The van der Waals surface area contributed by atoms with Crippen LogP contribution in [0.4, 0.5) is 0 Å². The monoisotopic (exact) mass is 286 g/mol. The van der Waals surface area contributed by atoms with Gasteiger partial charge in [0.15, 0.2) is 0 Å². The van der Waals surface area contributed by atoms with E-state index in [2.05, 4.69) is 5.10 Å². The number of hydrogen-bond acceptors (Lipinski definition) is 3. The van der Waals surface area contributed by atoms with Crippen LogP contribution in [0, 0.1) is 19.8 Å². The molecule has 0 atom stereocenters. The molecule has 0 bridgehead atoms. The van der Waals surface area contributed by atoms with E-state index in [-0.39, 0.29) is 5.92 Å². The van der Waals surface area contributed by atoms with Gasteiger partial charge in [0.05, 0.1) is 34.5 Å². The lowest BCUT2D eigenvalue weighted by molar-refractivity contribution is -0.145. The van der Waals surface area contributed by atoms with Crippen molar-refractivity contribution < 1.29 is 15.0 Å². The molecule has 0 spiro atoms. The van der Waals surface area contributed by atoms with Gasteiger partial charge in [0.1, 0.15) is 0 Å². The van der Waals surface area contributed by atoms with E-state index in [4.69, 9.17) is 16.7 Å². The molecule has 19 heavy (non-hydrogen) atoms. The molecule has 1 aromatic heterocycles. The van der Waals surface area contributed by atoms with E-state index in [1.807, 2.05) is 13.8 Å². The second kappa shape index (κ2) is 5.13. The molecule has 1 heterocycles. The molecule has 0 amide bonds. The lowest BCUT2D eigenvalue weighted by Gasteiger charge is -2.34. The van der Waals surface area contributed by atoms with Gasteiger partial charge in [-0.1, -0.05) is 11.6 Å². The summed E-state index contributed by atoms with van der Waals surface area (Å²) >= 11 is 6.08. The van der Waals surface area contributed by atoms with Crippen molar-refractivity contribution in [2.75, 3.05) is 0 Å². The van der Waals surface area contributed by atoms with Crippen molar-refractivity contribution in [1.29, 1.82) is 0 Å². The standard InChI is InChI=1S/C13H19ClN2O3/c1-8-11(14)9(2)16(15-8)7-13(19)5-3-10(4-6-13)12(17)18/h10,19H,3-7H2,1-2H3,(H,17,18). The first-order valence-electron chi connectivity index (χ1n) is 6.47. The van der Waals surface area contributed by atoms with Crippen molar-refractivity contribution in [2.45, 2.75) is 51.7 Å². The smallest absolute Gasteiger partial charge is 0.306 e. The van der Waals surface area contributed by atoms with Gasteiger partial charge in [0.2, 0.25) is 0 Å². The molecule has 2 rings (SSSR count). The van der Waals surface area contributed by atoms with Gasteiger partial charge in [-0.05, 0) is 39.5 Å². The van der Waals surface area contributed by atoms with Crippen LogP contribution in [0.3, 0.4) is 0 Å². The molecule has 0 unspecified atom stereocenters. The summed E-state index contributed by atoms with van der Waals surface area (Å²) in [4.78, 5) is 10.9. The molecular formula is C13H19ClN2O3. The van der Waals surface area contributed by atoms with Crippen molar-refractivity contribution in [3.63, 3.8) is 0 Å². The first-order valence-corrected chi connectivity index (χ1v) is 6.85. The van der Waals surface area contributed by atoms with Crippen molar-refractivity contribution in [1.82, 2.24) is 9.78 Å². The van der Waals surface area contributed by atoms with Crippen LogP contribution in [0.1, 0.15) is 37.1 Å². The fourth-order valence-corrected chi connectivity index (χ4v) is 2.80. The van der Waals surface area contributed by atoms with E-state index in [0.29, 0.717) is 37.3 Å². The summed E-state index contributed by atoms with van der Waals surface area (Å²) in [5.74, 6) is -1.10. The number of hydrogen-bond donors (Lipinski definition) is 2. The maximum absolute atomic E-state index is 10.9. The molecule has 0 aliphatic heterocycles. The number of carbonyl (C=O) groups is 1. The topological polar surface area (TPSA) is 75.3 Å². The molecule has 1 aliphatic rings. The normalized spacial score (nSPS) is 27.5. The first kappa shape index (κ1) is 14.3. The van der Waals surface area contributed by atoms with Gasteiger partial charge in [-0.2, -0.15) is 5.10 Å². The van der Waals surface area contributed by atoms with E-state index >= 15 is 0 Å². The van der Waals surface area contributed by atoms with Crippen LogP contribution in [-0.2, 0) is 11.3 Å². The molecule has 0 aromatic carbocycles. The van der Waals surface area contributed by atoms with Gasteiger partial charge in [-0.25, -0.2) is 0 Å². The fourth-order valence-electron chi connectivity index (χ4n) is 2.67. The zero-order valence-electron chi connectivity index (χ0n) is 11.2. The molecule has 1 saturated carbocycles. The number of aliphatic carboxylic acids is 1. The number of carboxylic acid groups (broad SMARTS) is 1. The summed E-state index contributed by atoms with van der Waals surface area (Å²) in [6.45, 7) is 4.07. The summed E-state index contributed by atoms with van der Waals surface area (Å²) in [6, 6.07) is 0. The Labute approximate surface area is 117 Å². The number of rotatable bonds is 3. The average molecular weight is 287 g/mol. The number of aromatic nitrogens is 2. The third kappa shape index (κ3) is 2.92. The lowest BCUT2D eigenvalue weighted by Crippen LogP contribution is -2.40. The molecular weight excluding hydrogens is 268 g/mol. The third-order valence-corrected chi connectivity index (χ3v) is 4.55. The Morgan fingerprint density at radius 2 is 2.05 bits per heavy atom. The molecule has 6 heteroatoms. The Bertz CT molecular complexity index is 490. The van der Waals surface area contributed by atoms with E-state index in [1.54, 1.807) is 4.68 Å². The van der Waals surface area contributed by atoms with Gasteiger partial charge < -0.3 is 10.2 Å². The molecule has 5 nitrogen and oxygen atoms in total. The zero-order valence-corrected chi connectivity index (χ0v) is 11.9. The number of aryl methyl sites for hydroxylation is 1. The first-order chi connectivity index (χ1) is 8.82. The van der Waals surface area contributed by atoms with E-state index in [1.165, 1.54) is 0 Å². The molecule has 106 valence electrons. The maximum atomic E-state index is 10.9. The minimum absolute atomic E-state index is 0.329. The minimum Gasteiger partial charge on any atom is -0.481 e. The molecule has 2 N–H and O–H groups in total. The maximum Gasteiger partial charge on any atom is 0.306 e. The molecule has 0 saturated heterocycles. The van der Waals surface area contributed by atoms with Gasteiger partial charge >= 0.3 is 5.97 Å². The summed E-state index contributed by atoms with van der Waals surface area (Å²) in [5, 5.41) is 24.5. The van der Waals surface area contributed by atoms with Gasteiger partial charge in [-0.15, -0.1) is 0 Å². The van der Waals surface area contributed by atoms with Crippen LogP contribution < -0.4 is 0 Å². The number of halogens is 1. The third-order valence-electron chi connectivity index (χ3n) is 4.00. The minimum atomic E-state index is -0.876. The highest BCUT2D eigenvalue weighted by Gasteiger charge is 2.36.